The number of aldehydes is 1. The van der Waals surface area contributed by atoms with Crippen LogP contribution in [0.1, 0.15) is 27.6 Å². The van der Waals surface area contributed by atoms with Gasteiger partial charge in [0, 0.05) is 36.0 Å². The number of hydrogen-bond donors (Lipinski definition) is 2. The molecule has 8 heteroatoms. The normalized spacial score (nSPS) is 13.9. The SMILES string of the molecule is COc1cc(NC(C)=Nc2cccc(-c3ccc(C(=O)N4CCOCC4)cc3)c2O)ccc1C=O. The highest BCUT2D eigenvalue weighted by Gasteiger charge is 2.18. The summed E-state index contributed by atoms with van der Waals surface area (Å²) in [4.78, 5) is 30.1. The number of nitrogens with one attached hydrogen (secondary N) is 1. The number of morpholine rings is 1. The highest BCUT2D eigenvalue weighted by molar-refractivity contribution is 5.97. The summed E-state index contributed by atoms with van der Waals surface area (Å²) in [6.07, 6.45) is 0.734. The average Bonchev–Trinajstić information content (AvgIpc) is 2.90. The van der Waals surface area contributed by atoms with Crippen molar-refractivity contribution in [2.45, 2.75) is 6.92 Å². The molecule has 0 saturated carbocycles. The van der Waals surface area contributed by atoms with Crippen LogP contribution in [0.5, 0.6) is 11.5 Å². The van der Waals surface area contributed by atoms with Gasteiger partial charge in [-0.25, -0.2) is 4.99 Å². The second-order valence-corrected chi connectivity index (χ2v) is 8.05. The predicted molar refractivity (Wildman–Crippen MR) is 135 cm³/mol. The maximum atomic E-state index is 12.7. The number of methoxy groups -OCH3 is 1. The van der Waals surface area contributed by atoms with Crippen LogP contribution in [0, 0.1) is 0 Å². The summed E-state index contributed by atoms with van der Waals surface area (Å²) in [5.74, 6) is 1.01. The molecular weight excluding hydrogens is 446 g/mol. The summed E-state index contributed by atoms with van der Waals surface area (Å²) in [7, 11) is 1.50. The molecule has 8 nitrogen and oxygen atoms in total. The minimum atomic E-state index is -0.0260. The van der Waals surface area contributed by atoms with Crippen molar-refractivity contribution in [3.63, 3.8) is 0 Å². The van der Waals surface area contributed by atoms with Crippen LogP contribution >= 0.6 is 0 Å². The number of aromatic hydroxyl groups is 1. The number of benzene rings is 3. The summed E-state index contributed by atoms with van der Waals surface area (Å²) in [6, 6.07) is 17.6. The molecule has 0 unspecified atom stereocenters. The first-order valence-electron chi connectivity index (χ1n) is 11.2. The molecule has 0 bridgehead atoms. The zero-order valence-corrected chi connectivity index (χ0v) is 19.7. The van der Waals surface area contributed by atoms with E-state index < -0.39 is 0 Å². The number of phenolic OH excluding ortho intramolecular Hbond substituents is 1. The van der Waals surface area contributed by atoms with Crippen molar-refractivity contribution in [3.8, 4) is 22.6 Å². The van der Waals surface area contributed by atoms with Crippen LogP contribution in [0.15, 0.2) is 65.7 Å². The third kappa shape index (κ3) is 5.50. The second-order valence-electron chi connectivity index (χ2n) is 8.05. The van der Waals surface area contributed by atoms with Crippen molar-refractivity contribution >= 4 is 29.4 Å². The van der Waals surface area contributed by atoms with Crippen molar-refractivity contribution in [1.82, 2.24) is 4.90 Å². The molecule has 0 spiro atoms. The van der Waals surface area contributed by atoms with Gasteiger partial charge < -0.3 is 24.8 Å². The number of ether oxygens (including phenoxy) is 2. The summed E-state index contributed by atoms with van der Waals surface area (Å²) in [6.45, 7) is 4.05. The fraction of sp³-hybridized carbons (Fsp3) is 0.222. The van der Waals surface area contributed by atoms with E-state index in [9.17, 15) is 14.7 Å². The summed E-state index contributed by atoms with van der Waals surface area (Å²) in [5, 5.41) is 14.1. The highest BCUT2D eigenvalue weighted by atomic mass is 16.5. The van der Waals surface area contributed by atoms with Crippen molar-refractivity contribution in [2.75, 3.05) is 38.7 Å². The predicted octanol–water partition coefficient (Wildman–Crippen LogP) is 4.51. The molecule has 3 aromatic carbocycles. The Morgan fingerprint density at radius 3 is 2.54 bits per heavy atom. The number of aliphatic imine (C=N–C) groups is 1. The molecule has 1 amide bonds. The van der Waals surface area contributed by atoms with Crippen molar-refractivity contribution in [2.24, 2.45) is 4.99 Å². The summed E-state index contributed by atoms with van der Waals surface area (Å²) >= 11 is 0. The molecule has 0 atom stereocenters. The van der Waals surface area contributed by atoms with Gasteiger partial charge >= 0.3 is 0 Å². The lowest BCUT2D eigenvalue weighted by molar-refractivity contribution is 0.0303. The monoisotopic (exact) mass is 473 g/mol. The van der Waals surface area contributed by atoms with Gasteiger partial charge in [0.1, 0.15) is 23.0 Å². The Labute approximate surface area is 203 Å². The standard InChI is InChI=1S/C27H27N3O5/c1-18(28-22-11-10-21(17-31)25(16-22)34-2)29-24-5-3-4-23(26(24)32)19-6-8-20(9-7-19)27(33)30-12-14-35-15-13-30/h3-11,16-17,32H,12-15H2,1-2H3,(H,28,29). The summed E-state index contributed by atoms with van der Waals surface area (Å²) in [5.41, 5.74) is 3.54. The van der Waals surface area contributed by atoms with Gasteiger partial charge in [-0.2, -0.15) is 0 Å². The first kappa shape index (κ1) is 24.0. The number of nitrogens with zero attached hydrogens (tertiary/aromatic N) is 2. The number of carbonyl (C=O) groups is 2. The third-order valence-electron chi connectivity index (χ3n) is 5.73. The zero-order valence-electron chi connectivity index (χ0n) is 19.7. The molecule has 0 aromatic heterocycles. The van der Waals surface area contributed by atoms with Crippen LogP contribution in [0.2, 0.25) is 0 Å². The Hall–Kier alpha value is -4.17. The quantitative estimate of drug-likeness (QED) is 0.310. The van der Waals surface area contributed by atoms with E-state index in [4.69, 9.17) is 9.47 Å². The van der Waals surface area contributed by atoms with Crippen molar-refractivity contribution in [3.05, 3.63) is 71.8 Å². The molecule has 1 aliphatic rings. The number of para-hydroxylation sites is 1. The Bertz CT molecular complexity index is 1250. The third-order valence-corrected chi connectivity index (χ3v) is 5.73. The number of amidine groups is 1. The molecule has 35 heavy (non-hydrogen) atoms. The first-order chi connectivity index (χ1) is 17.0. The van der Waals surface area contributed by atoms with E-state index in [1.807, 2.05) is 18.2 Å². The molecule has 0 radical (unpaired) electrons. The number of rotatable bonds is 6. The maximum absolute atomic E-state index is 12.7. The molecule has 0 aliphatic carbocycles. The smallest absolute Gasteiger partial charge is 0.254 e. The molecule has 4 rings (SSSR count). The van der Waals surface area contributed by atoms with Crippen LogP contribution in [-0.2, 0) is 4.74 Å². The Kier molecular flexibility index (Phi) is 7.42. The molecule has 1 fully saturated rings. The van der Waals surface area contributed by atoms with Gasteiger partial charge in [-0.3, -0.25) is 9.59 Å². The second kappa shape index (κ2) is 10.8. The van der Waals surface area contributed by atoms with Crippen LogP contribution in [0.4, 0.5) is 11.4 Å². The van der Waals surface area contributed by atoms with Gasteiger partial charge in [0.05, 0.1) is 25.9 Å². The minimum absolute atomic E-state index is 0.0260. The van der Waals surface area contributed by atoms with Gasteiger partial charge in [-0.15, -0.1) is 0 Å². The molecule has 180 valence electrons. The molecule has 1 aliphatic heterocycles. The number of hydrogen-bond acceptors (Lipinski definition) is 6. The van der Waals surface area contributed by atoms with E-state index in [0.717, 1.165) is 11.8 Å². The largest absolute Gasteiger partial charge is 0.505 e. The molecule has 1 heterocycles. The van der Waals surface area contributed by atoms with Gasteiger partial charge in [-0.05, 0) is 42.8 Å². The average molecular weight is 474 g/mol. The van der Waals surface area contributed by atoms with Crippen molar-refractivity contribution < 1.29 is 24.2 Å². The van der Waals surface area contributed by atoms with Gasteiger partial charge in [0.2, 0.25) is 0 Å². The number of carbonyl (C=O) groups excluding carboxylic acids is 2. The molecular formula is C27H27N3O5. The Balaban J connectivity index is 1.53. The first-order valence-corrected chi connectivity index (χ1v) is 11.2. The lowest BCUT2D eigenvalue weighted by atomic mass is 10.0. The van der Waals surface area contributed by atoms with Gasteiger partial charge in [0.15, 0.2) is 6.29 Å². The molecule has 2 N–H and O–H groups in total. The topological polar surface area (TPSA) is 100 Å². The van der Waals surface area contributed by atoms with Crippen LogP contribution in [0.3, 0.4) is 0 Å². The van der Waals surface area contributed by atoms with Crippen LogP contribution in [-0.4, -0.2) is 61.4 Å². The van der Waals surface area contributed by atoms with Gasteiger partial charge in [-0.1, -0.05) is 24.3 Å². The van der Waals surface area contributed by atoms with E-state index >= 15 is 0 Å². The fourth-order valence-electron chi connectivity index (χ4n) is 3.90. The highest BCUT2D eigenvalue weighted by Crippen LogP contribution is 2.37. The minimum Gasteiger partial charge on any atom is -0.505 e. The Morgan fingerprint density at radius 2 is 1.86 bits per heavy atom. The Morgan fingerprint density at radius 1 is 1.11 bits per heavy atom. The lowest BCUT2D eigenvalue weighted by Crippen LogP contribution is -2.40. The zero-order chi connectivity index (χ0) is 24.8. The van der Waals surface area contributed by atoms with E-state index in [1.165, 1.54) is 7.11 Å². The van der Waals surface area contributed by atoms with Gasteiger partial charge in [0.25, 0.3) is 5.91 Å². The van der Waals surface area contributed by atoms with E-state index in [1.54, 1.807) is 54.3 Å². The van der Waals surface area contributed by atoms with Crippen LogP contribution < -0.4 is 10.1 Å². The van der Waals surface area contributed by atoms with E-state index in [0.29, 0.717) is 66.0 Å². The van der Waals surface area contributed by atoms with Crippen LogP contribution in [0.25, 0.3) is 11.1 Å². The molecule has 1 saturated heterocycles. The fourth-order valence-corrected chi connectivity index (χ4v) is 3.90. The van der Waals surface area contributed by atoms with Crippen molar-refractivity contribution in [1.29, 1.82) is 0 Å². The number of phenols is 1. The maximum Gasteiger partial charge on any atom is 0.254 e. The molecule has 3 aromatic rings. The number of amides is 1. The lowest BCUT2D eigenvalue weighted by Gasteiger charge is -2.26. The summed E-state index contributed by atoms with van der Waals surface area (Å²) < 4.78 is 10.6. The van der Waals surface area contributed by atoms with E-state index in [2.05, 4.69) is 10.3 Å². The van der Waals surface area contributed by atoms with E-state index in [-0.39, 0.29) is 11.7 Å². The number of anilines is 1.